The van der Waals surface area contributed by atoms with Crippen LogP contribution in [-0.4, -0.2) is 39.9 Å². The van der Waals surface area contributed by atoms with E-state index in [2.05, 4.69) is 10.3 Å². The van der Waals surface area contributed by atoms with Crippen LogP contribution in [-0.2, 0) is 0 Å². The highest BCUT2D eigenvalue weighted by Gasteiger charge is 2.29. The van der Waals surface area contributed by atoms with Crippen LogP contribution in [0.3, 0.4) is 0 Å². The molecule has 2 atom stereocenters. The fraction of sp³-hybridized carbons (Fsp3) is 0.636. The third kappa shape index (κ3) is 2.83. The zero-order chi connectivity index (χ0) is 12.4. The lowest BCUT2D eigenvalue weighted by Crippen LogP contribution is -2.44. The van der Waals surface area contributed by atoms with E-state index < -0.39 is 18.1 Å². The topological polar surface area (TPSA) is 95.6 Å². The maximum atomic E-state index is 11.7. The second kappa shape index (κ2) is 4.85. The number of nitrogens with zero attached hydrogens (tertiary/aromatic N) is 1. The van der Waals surface area contributed by atoms with Gasteiger partial charge in [-0.05, 0) is 19.8 Å². The second-order valence-electron chi connectivity index (χ2n) is 4.35. The summed E-state index contributed by atoms with van der Waals surface area (Å²) >= 11 is 0. The number of oxazole rings is 1. The first-order valence-corrected chi connectivity index (χ1v) is 5.67. The molecule has 0 radical (unpaired) electrons. The number of nitrogens with one attached hydrogen (secondary N) is 1. The van der Waals surface area contributed by atoms with Gasteiger partial charge in [0.2, 0.25) is 0 Å². The fourth-order valence-corrected chi connectivity index (χ4v) is 1.47. The van der Waals surface area contributed by atoms with Gasteiger partial charge in [0.15, 0.2) is 11.6 Å². The van der Waals surface area contributed by atoms with E-state index in [-0.39, 0.29) is 12.3 Å². The average molecular weight is 240 g/mol. The fourth-order valence-electron chi connectivity index (χ4n) is 1.47. The zero-order valence-electron chi connectivity index (χ0n) is 9.59. The molecule has 0 unspecified atom stereocenters. The maximum Gasteiger partial charge on any atom is 0.273 e. The molecule has 1 aliphatic carbocycles. The quantitative estimate of drug-likeness (QED) is 0.674. The molecular weight excluding hydrogens is 224 g/mol. The van der Waals surface area contributed by atoms with Gasteiger partial charge in [-0.2, -0.15) is 0 Å². The standard InChI is InChI=1S/C11H16N2O4/c1-6(15)8(4-14)12-10(16)9-5-17-11(13-9)7-2-3-7/h5-8,14-15H,2-4H2,1H3,(H,12,16)/t6-,8-/m1/s1. The van der Waals surface area contributed by atoms with Crippen LogP contribution in [0.2, 0.25) is 0 Å². The molecule has 0 aliphatic heterocycles. The Balaban J connectivity index is 1.98. The van der Waals surface area contributed by atoms with Gasteiger partial charge in [0.05, 0.1) is 18.8 Å². The van der Waals surface area contributed by atoms with Gasteiger partial charge in [-0.1, -0.05) is 0 Å². The third-order valence-corrected chi connectivity index (χ3v) is 2.78. The van der Waals surface area contributed by atoms with Crippen LogP contribution in [0.4, 0.5) is 0 Å². The summed E-state index contributed by atoms with van der Waals surface area (Å²) in [6, 6.07) is -0.691. The van der Waals surface area contributed by atoms with Gasteiger partial charge in [-0.15, -0.1) is 0 Å². The van der Waals surface area contributed by atoms with Crippen LogP contribution in [0.15, 0.2) is 10.7 Å². The van der Waals surface area contributed by atoms with Crippen molar-refractivity contribution >= 4 is 5.91 Å². The van der Waals surface area contributed by atoms with Crippen molar-refractivity contribution in [1.29, 1.82) is 0 Å². The minimum Gasteiger partial charge on any atom is -0.448 e. The smallest absolute Gasteiger partial charge is 0.273 e. The van der Waals surface area contributed by atoms with Gasteiger partial charge < -0.3 is 19.9 Å². The Morgan fingerprint density at radius 3 is 2.94 bits per heavy atom. The van der Waals surface area contributed by atoms with Crippen LogP contribution in [0.25, 0.3) is 0 Å². The molecule has 17 heavy (non-hydrogen) atoms. The first-order valence-electron chi connectivity index (χ1n) is 5.67. The molecule has 1 aromatic rings. The summed E-state index contributed by atoms with van der Waals surface area (Å²) < 4.78 is 5.19. The predicted octanol–water partition coefficient (Wildman–Crippen LogP) is 0.0235. The Bertz CT molecular complexity index is 398. The van der Waals surface area contributed by atoms with E-state index >= 15 is 0 Å². The van der Waals surface area contributed by atoms with Crippen LogP contribution in [0.1, 0.15) is 42.1 Å². The van der Waals surface area contributed by atoms with Crippen molar-refractivity contribution in [1.82, 2.24) is 10.3 Å². The van der Waals surface area contributed by atoms with Gasteiger partial charge in [0.25, 0.3) is 5.91 Å². The van der Waals surface area contributed by atoms with Crippen molar-refractivity contribution in [2.75, 3.05) is 6.61 Å². The first kappa shape index (κ1) is 12.1. The highest BCUT2D eigenvalue weighted by Crippen LogP contribution is 2.39. The molecule has 2 rings (SSSR count). The van der Waals surface area contributed by atoms with E-state index in [1.165, 1.54) is 13.2 Å². The van der Waals surface area contributed by atoms with Crippen molar-refractivity contribution in [2.24, 2.45) is 0 Å². The predicted molar refractivity (Wildman–Crippen MR) is 58.5 cm³/mol. The molecular formula is C11H16N2O4. The van der Waals surface area contributed by atoms with Gasteiger partial charge >= 0.3 is 0 Å². The number of hydrogen-bond acceptors (Lipinski definition) is 5. The van der Waals surface area contributed by atoms with Crippen molar-refractivity contribution in [3.63, 3.8) is 0 Å². The number of hydrogen-bond donors (Lipinski definition) is 3. The Morgan fingerprint density at radius 2 is 2.41 bits per heavy atom. The highest BCUT2D eigenvalue weighted by atomic mass is 16.3. The van der Waals surface area contributed by atoms with E-state index in [0.717, 1.165) is 12.8 Å². The highest BCUT2D eigenvalue weighted by molar-refractivity contribution is 5.92. The van der Waals surface area contributed by atoms with Gasteiger partial charge in [-0.25, -0.2) is 4.98 Å². The normalized spacial score (nSPS) is 18.8. The SMILES string of the molecule is C[C@@H](O)[C@@H](CO)NC(=O)c1coc(C2CC2)n1. The second-order valence-corrected chi connectivity index (χ2v) is 4.35. The van der Waals surface area contributed by atoms with Crippen LogP contribution >= 0.6 is 0 Å². The van der Waals surface area contributed by atoms with Crippen molar-refractivity contribution in [2.45, 2.75) is 37.8 Å². The van der Waals surface area contributed by atoms with E-state index in [9.17, 15) is 9.90 Å². The summed E-state index contributed by atoms with van der Waals surface area (Å²) in [5.41, 5.74) is 0.186. The summed E-state index contributed by atoms with van der Waals surface area (Å²) in [5.74, 6) is 0.496. The number of rotatable bonds is 5. The Labute approximate surface area is 98.7 Å². The van der Waals surface area contributed by atoms with Crippen LogP contribution in [0, 0.1) is 0 Å². The minimum atomic E-state index is -0.821. The minimum absolute atomic E-state index is 0.186. The van der Waals surface area contributed by atoms with Crippen molar-refractivity contribution in [3.8, 4) is 0 Å². The zero-order valence-corrected chi connectivity index (χ0v) is 9.59. The Kier molecular flexibility index (Phi) is 3.44. The molecule has 94 valence electrons. The largest absolute Gasteiger partial charge is 0.448 e. The molecule has 1 heterocycles. The monoisotopic (exact) mass is 240 g/mol. The van der Waals surface area contributed by atoms with Crippen molar-refractivity contribution < 1.29 is 19.4 Å². The summed E-state index contributed by atoms with van der Waals surface area (Å²) in [4.78, 5) is 15.8. The average Bonchev–Trinajstić information content (AvgIpc) is 3.03. The number of amides is 1. The molecule has 0 aromatic carbocycles. The van der Waals surface area contributed by atoms with Crippen molar-refractivity contribution in [3.05, 3.63) is 17.8 Å². The molecule has 6 nitrogen and oxygen atoms in total. The molecule has 0 saturated heterocycles. The summed E-state index contributed by atoms with van der Waals surface area (Å²) in [7, 11) is 0. The Morgan fingerprint density at radius 1 is 1.71 bits per heavy atom. The molecule has 1 saturated carbocycles. The summed E-state index contributed by atoms with van der Waals surface area (Å²) in [5, 5.41) is 20.8. The molecule has 6 heteroatoms. The molecule has 1 aliphatic rings. The lowest BCUT2D eigenvalue weighted by Gasteiger charge is -2.17. The van der Waals surface area contributed by atoms with E-state index in [4.69, 9.17) is 9.52 Å². The number of carbonyl (C=O) groups is 1. The molecule has 0 bridgehead atoms. The molecule has 1 fully saturated rings. The van der Waals surface area contributed by atoms with Gasteiger partial charge in [0.1, 0.15) is 6.26 Å². The van der Waals surface area contributed by atoms with E-state index in [1.807, 2.05) is 0 Å². The van der Waals surface area contributed by atoms with Crippen LogP contribution in [0.5, 0.6) is 0 Å². The van der Waals surface area contributed by atoms with Crippen LogP contribution < -0.4 is 5.32 Å². The molecule has 1 aromatic heterocycles. The van der Waals surface area contributed by atoms with E-state index in [1.54, 1.807) is 0 Å². The number of aromatic nitrogens is 1. The molecule has 3 N–H and O–H groups in total. The summed E-state index contributed by atoms with van der Waals surface area (Å²) in [6.07, 6.45) is 2.58. The molecule has 0 spiro atoms. The molecule has 1 amide bonds. The lowest BCUT2D eigenvalue weighted by atomic mass is 10.2. The lowest BCUT2D eigenvalue weighted by molar-refractivity contribution is 0.0754. The first-order chi connectivity index (χ1) is 8.11. The maximum absolute atomic E-state index is 11.7. The van der Waals surface area contributed by atoms with E-state index in [0.29, 0.717) is 11.8 Å². The number of aliphatic hydroxyl groups excluding tert-OH is 2. The van der Waals surface area contributed by atoms with Gasteiger partial charge in [0, 0.05) is 5.92 Å². The number of aliphatic hydroxyl groups is 2. The summed E-state index contributed by atoms with van der Waals surface area (Å²) in [6.45, 7) is 1.18. The van der Waals surface area contributed by atoms with Gasteiger partial charge in [-0.3, -0.25) is 4.79 Å². The number of carbonyl (C=O) groups excluding carboxylic acids is 1. The third-order valence-electron chi connectivity index (χ3n) is 2.78. The Hall–Kier alpha value is -1.40.